The van der Waals surface area contributed by atoms with E-state index < -0.39 is 0 Å². The highest BCUT2D eigenvalue weighted by Gasteiger charge is 2.35. The molecule has 1 saturated heterocycles. The summed E-state index contributed by atoms with van der Waals surface area (Å²) in [7, 11) is 0. The molecular weight excluding hydrogens is 396 g/mol. The third kappa shape index (κ3) is 3.73. The lowest BCUT2D eigenvalue weighted by atomic mass is 9.93. The van der Waals surface area contributed by atoms with Crippen LogP contribution in [0.25, 0.3) is 0 Å². The summed E-state index contributed by atoms with van der Waals surface area (Å²) in [6.45, 7) is 4.09. The summed E-state index contributed by atoms with van der Waals surface area (Å²) < 4.78 is 0. The number of hydrogen-bond donors (Lipinski definition) is 1. The van der Waals surface area contributed by atoms with E-state index in [1.165, 1.54) is 49.9 Å². The van der Waals surface area contributed by atoms with Crippen LogP contribution < -0.4 is 5.56 Å². The van der Waals surface area contributed by atoms with E-state index in [1.807, 2.05) is 19.1 Å². The monoisotopic (exact) mass is 426 g/mol. The second-order valence-corrected chi connectivity index (χ2v) is 10.2. The van der Waals surface area contributed by atoms with Crippen molar-refractivity contribution in [2.45, 2.75) is 76.9 Å². The van der Waals surface area contributed by atoms with Gasteiger partial charge >= 0.3 is 0 Å². The van der Waals surface area contributed by atoms with Crippen LogP contribution in [-0.2, 0) is 13.0 Å². The maximum absolute atomic E-state index is 13.0. The molecule has 1 saturated carbocycles. The molecule has 7 heteroatoms. The molecule has 6 nitrogen and oxygen atoms in total. The Labute approximate surface area is 181 Å². The second kappa shape index (κ2) is 8.27. The molecule has 1 N–H and O–H groups in total. The molecule has 0 aromatic carbocycles. The predicted molar refractivity (Wildman–Crippen MR) is 118 cm³/mol. The highest BCUT2D eigenvalue weighted by Crippen LogP contribution is 2.36. The van der Waals surface area contributed by atoms with Crippen molar-refractivity contribution in [3.8, 4) is 0 Å². The Morgan fingerprint density at radius 2 is 1.97 bits per heavy atom. The fourth-order valence-electron chi connectivity index (χ4n) is 5.41. The van der Waals surface area contributed by atoms with Crippen molar-refractivity contribution in [1.82, 2.24) is 19.8 Å². The molecule has 2 aliphatic heterocycles. The summed E-state index contributed by atoms with van der Waals surface area (Å²) >= 11 is 1.51. The summed E-state index contributed by atoms with van der Waals surface area (Å²) in [6, 6.07) is 4.72. The fourth-order valence-corrected chi connectivity index (χ4v) is 6.25. The summed E-state index contributed by atoms with van der Waals surface area (Å²) in [5.74, 6) is 0.858. The minimum absolute atomic E-state index is 0.0153. The van der Waals surface area contributed by atoms with Gasteiger partial charge in [-0.15, -0.1) is 11.3 Å². The molecule has 0 unspecified atom stereocenters. The molecule has 1 aliphatic carbocycles. The number of carbonyl (C=O) groups is 1. The molecule has 0 spiro atoms. The Bertz CT molecular complexity index is 991. The molecular formula is C23H30N4O2S. The third-order valence-corrected chi connectivity index (χ3v) is 7.97. The molecule has 5 rings (SSSR count). The van der Waals surface area contributed by atoms with E-state index in [9.17, 15) is 9.59 Å². The van der Waals surface area contributed by atoms with Gasteiger partial charge in [0.15, 0.2) is 0 Å². The van der Waals surface area contributed by atoms with E-state index in [2.05, 4.69) is 9.88 Å². The van der Waals surface area contributed by atoms with Crippen LogP contribution in [0.5, 0.6) is 0 Å². The average Bonchev–Trinajstić information content (AvgIpc) is 3.43. The Kier molecular flexibility index (Phi) is 5.50. The number of aryl methyl sites for hydroxylation is 1. The number of aromatic amines is 1. The van der Waals surface area contributed by atoms with Crippen molar-refractivity contribution in [3.63, 3.8) is 0 Å². The van der Waals surface area contributed by atoms with E-state index in [1.54, 1.807) is 4.90 Å². The van der Waals surface area contributed by atoms with Gasteiger partial charge in [0, 0.05) is 23.9 Å². The third-order valence-electron chi connectivity index (χ3n) is 6.98. The largest absolute Gasteiger partial charge is 0.333 e. The first-order valence-electron chi connectivity index (χ1n) is 11.3. The first kappa shape index (κ1) is 19.9. The van der Waals surface area contributed by atoms with Gasteiger partial charge in [0.1, 0.15) is 5.82 Å². The second-order valence-electron chi connectivity index (χ2n) is 8.95. The van der Waals surface area contributed by atoms with Gasteiger partial charge in [-0.1, -0.05) is 19.3 Å². The predicted octanol–water partition coefficient (Wildman–Crippen LogP) is 3.81. The Hall–Kier alpha value is -1.99. The molecule has 2 aromatic heterocycles. The Morgan fingerprint density at radius 1 is 1.13 bits per heavy atom. The van der Waals surface area contributed by atoms with Crippen molar-refractivity contribution >= 4 is 17.2 Å². The number of hydrogen-bond acceptors (Lipinski definition) is 5. The van der Waals surface area contributed by atoms with Crippen LogP contribution in [0.15, 0.2) is 16.9 Å². The van der Waals surface area contributed by atoms with Crippen LogP contribution in [0.4, 0.5) is 0 Å². The summed E-state index contributed by atoms with van der Waals surface area (Å²) in [4.78, 5) is 40.1. The summed E-state index contributed by atoms with van der Waals surface area (Å²) in [5, 5.41) is 0. The number of nitrogens with one attached hydrogen (secondary N) is 1. The van der Waals surface area contributed by atoms with Gasteiger partial charge in [0.25, 0.3) is 11.5 Å². The van der Waals surface area contributed by atoms with Gasteiger partial charge in [0.05, 0.1) is 28.7 Å². The molecule has 1 atom stereocenters. The van der Waals surface area contributed by atoms with Gasteiger partial charge in [-0.05, 0) is 51.3 Å². The van der Waals surface area contributed by atoms with Gasteiger partial charge in [-0.2, -0.15) is 0 Å². The van der Waals surface area contributed by atoms with E-state index >= 15 is 0 Å². The number of fused-ring (bicyclic) bond motifs is 1. The van der Waals surface area contributed by atoms with E-state index in [4.69, 9.17) is 4.98 Å². The van der Waals surface area contributed by atoms with Crippen molar-refractivity contribution in [1.29, 1.82) is 0 Å². The first-order valence-corrected chi connectivity index (χ1v) is 12.2. The minimum Gasteiger partial charge on any atom is -0.333 e. The van der Waals surface area contributed by atoms with E-state index in [0.29, 0.717) is 31.1 Å². The SMILES string of the molecule is Cc1ccc(C(=O)N2CCc3nc([C@H]4CCCN4C4CCCCC4)[nH]c(=O)c3C2)s1. The summed E-state index contributed by atoms with van der Waals surface area (Å²) in [6.07, 6.45) is 9.41. The smallest absolute Gasteiger partial charge is 0.264 e. The topological polar surface area (TPSA) is 69.3 Å². The number of thiophene rings is 1. The zero-order valence-electron chi connectivity index (χ0n) is 17.7. The van der Waals surface area contributed by atoms with Gasteiger partial charge in [-0.3, -0.25) is 14.5 Å². The minimum atomic E-state index is -0.0645. The molecule has 30 heavy (non-hydrogen) atoms. The number of H-pyrrole nitrogens is 1. The number of amides is 1. The number of likely N-dealkylation sites (tertiary alicyclic amines) is 1. The molecule has 4 heterocycles. The molecule has 1 amide bonds. The normalized spacial score (nSPS) is 23.0. The average molecular weight is 427 g/mol. The van der Waals surface area contributed by atoms with Crippen molar-refractivity contribution in [2.24, 2.45) is 0 Å². The maximum atomic E-state index is 13.0. The Balaban J connectivity index is 1.37. The van der Waals surface area contributed by atoms with Crippen LogP contribution in [0.1, 0.15) is 82.6 Å². The van der Waals surface area contributed by atoms with Gasteiger partial charge in [-0.25, -0.2) is 4.98 Å². The zero-order valence-corrected chi connectivity index (χ0v) is 18.5. The number of carbonyl (C=O) groups excluding carboxylic acids is 1. The molecule has 2 aromatic rings. The fraction of sp³-hybridized carbons (Fsp3) is 0.609. The lowest BCUT2D eigenvalue weighted by molar-refractivity contribution is 0.0737. The molecule has 0 bridgehead atoms. The highest BCUT2D eigenvalue weighted by atomic mass is 32.1. The van der Waals surface area contributed by atoms with Crippen LogP contribution in [0, 0.1) is 6.92 Å². The lowest BCUT2D eigenvalue weighted by Gasteiger charge is -2.35. The number of aromatic nitrogens is 2. The lowest BCUT2D eigenvalue weighted by Crippen LogP contribution is -2.41. The van der Waals surface area contributed by atoms with Crippen LogP contribution in [0.3, 0.4) is 0 Å². The first-order chi connectivity index (χ1) is 14.6. The van der Waals surface area contributed by atoms with E-state index in [0.717, 1.165) is 34.2 Å². The van der Waals surface area contributed by atoms with Crippen LogP contribution in [0.2, 0.25) is 0 Å². The van der Waals surface area contributed by atoms with Crippen LogP contribution >= 0.6 is 11.3 Å². The standard InChI is InChI=1S/C23H30N4O2S/c1-15-9-10-20(30-15)23(29)26-13-11-18-17(14-26)22(28)25-21(24-18)19-8-5-12-27(19)16-6-3-2-4-7-16/h9-10,16,19H,2-8,11-14H2,1H3,(H,24,25,28)/t19-/m1/s1. The molecule has 3 aliphatic rings. The molecule has 0 radical (unpaired) electrons. The van der Waals surface area contributed by atoms with Crippen molar-refractivity contribution < 1.29 is 4.79 Å². The highest BCUT2D eigenvalue weighted by molar-refractivity contribution is 7.13. The van der Waals surface area contributed by atoms with E-state index in [-0.39, 0.29) is 17.5 Å². The number of rotatable bonds is 3. The van der Waals surface area contributed by atoms with Crippen molar-refractivity contribution in [3.05, 3.63) is 49.3 Å². The summed E-state index contributed by atoms with van der Waals surface area (Å²) in [5.41, 5.74) is 1.48. The Morgan fingerprint density at radius 3 is 2.73 bits per heavy atom. The van der Waals surface area contributed by atoms with Crippen molar-refractivity contribution in [2.75, 3.05) is 13.1 Å². The maximum Gasteiger partial charge on any atom is 0.264 e. The van der Waals surface area contributed by atoms with Crippen LogP contribution in [-0.4, -0.2) is 44.8 Å². The van der Waals surface area contributed by atoms with Gasteiger partial charge < -0.3 is 9.88 Å². The number of nitrogens with zero attached hydrogens (tertiary/aromatic N) is 3. The quantitative estimate of drug-likeness (QED) is 0.810. The molecule has 2 fully saturated rings. The molecule has 160 valence electrons. The van der Waals surface area contributed by atoms with Gasteiger partial charge in [0.2, 0.25) is 0 Å². The zero-order chi connectivity index (χ0) is 20.7.